The number of sulfone groups is 1. The number of halogens is 2. The first-order valence-corrected chi connectivity index (χ1v) is 7.37. The Morgan fingerprint density at radius 1 is 1.42 bits per heavy atom. The molecule has 7 heteroatoms. The van der Waals surface area contributed by atoms with Crippen molar-refractivity contribution in [1.82, 2.24) is 0 Å². The molecule has 0 atom stereocenters. The lowest BCUT2D eigenvalue weighted by atomic mass is 10.2. The maximum atomic E-state index is 13.7. The Balaban J connectivity index is 3.34. The molecule has 0 unspecified atom stereocenters. The van der Waals surface area contributed by atoms with Crippen molar-refractivity contribution < 1.29 is 22.3 Å². The first-order chi connectivity index (χ1) is 8.64. The van der Waals surface area contributed by atoms with Crippen molar-refractivity contribution in [1.29, 1.82) is 0 Å². The predicted molar refractivity (Wildman–Crippen MR) is 69.3 cm³/mol. The van der Waals surface area contributed by atoms with Crippen LogP contribution in [0.25, 0.3) is 0 Å². The highest BCUT2D eigenvalue weighted by Crippen LogP contribution is 2.29. The molecular formula is C12H14ClFO4S. The van der Waals surface area contributed by atoms with Crippen LogP contribution in [0.5, 0.6) is 0 Å². The monoisotopic (exact) mass is 308 g/mol. The second-order valence-corrected chi connectivity index (χ2v) is 7.21. The summed E-state index contributed by atoms with van der Waals surface area (Å²) in [6, 6.07) is 3.17. The first-order valence-electron chi connectivity index (χ1n) is 5.51. The molecule has 1 aromatic rings. The van der Waals surface area contributed by atoms with E-state index in [0.29, 0.717) is 0 Å². The zero-order valence-electron chi connectivity index (χ0n) is 10.7. The van der Waals surface area contributed by atoms with Gasteiger partial charge in [0, 0.05) is 5.02 Å². The SMILES string of the molecule is CCOC(=O)C(C)(C)S(=O)(=O)c1ccc(Cl)cc1F. The maximum absolute atomic E-state index is 13.7. The van der Waals surface area contributed by atoms with Crippen molar-refractivity contribution in [2.75, 3.05) is 6.61 Å². The second-order valence-electron chi connectivity index (χ2n) is 4.31. The van der Waals surface area contributed by atoms with E-state index in [-0.39, 0.29) is 11.6 Å². The number of rotatable bonds is 4. The molecule has 0 heterocycles. The standard InChI is InChI=1S/C12H14ClFO4S/c1-4-18-11(15)12(2,3)19(16,17)10-6-5-8(13)7-9(10)14/h5-7H,4H2,1-3H3. The molecule has 0 aliphatic carbocycles. The largest absolute Gasteiger partial charge is 0.465 e. The fourth-order valence-electron chi connectivity index (χ4n) is 1.38. The van der Waals surface area contributed by atoms with Crippen molar-refractivity contribution in [3.05, 3.63) is 29.0 Å². The highest BCUT2D eigenvalue weighted by atomic mass is 35.5. The number of carbonyl (C=O) groups is 1. The van der Waals surface area contributed by atoms with Gasteiger partial charge in [-0.1, -0.05) is 11.6 Å². The van der Waals surface area contributed by atoms with E-state index < -0.39 is 31.3 Å². The molecule has 1 aromatic carbocycles. The second kappa shape index (κ2) is 5.46. The van der Waals surface area contributed by atoms with Crippen molar-refractivity contribution >= 4 is 27.4 Å². The van der Waals surface area contributed by atoms with E-state index in [1.807, 2.05) is 0 Å². The summed E-state index contributed by atoms with van der Waals surface area (Å²) in [6.07, 6.45) is 0. The quantitative estimate of drug-likeness (QED) is 0.802. The fourth-order valence-corrected chi connectivity index (χ4v) is 2.93. The summed E-state index contributed by atoms with van der Waals surface area (Å²) < 4.78 is 41.2. The average Bonchev–Trinajstić information content (AvgIpc) is 2.28. The molecule has 0 aromatic heterocycles. The number of hydrogen-bond donors (Lipinski definition) is 0. The van der Waals surface area contributed by atoms with Crippen LogP contribution in [0.2, 0.25) is 5.02 Å². The van der Waals surface area contributed by atoms with Crippen LogP contribution in [0.3, 0.4) is 0 Å². The van der Waals surface area contributed by atoms with Crippen molar-refractivity contribution in [2.45, 2.75) is 30.4 Å². The lowest BCUT2D eigenvalue weighted by molar-refractivity contribution is -0.145. The van der Waals surface area contributed by atoms with E-state index in [2.05, 4.69) is 0 Å². The van der Waals surface area contributed by atoms with Gasteiger partial charge in [0.15, 0.2) is 14.6 Å². The summed E-state index contributed by atoms with van der Waals surface area (Å²) in [6.45, 7) is 3.95. The Morgan fingerprint density at radius 2 is 2.00 bits per heavy atom. The minimum atomic E-state index is -4.22. The molecule has 4 nitrogen and oxygen atoms in total. The number of hydrogen-bond acceptors (Lipinski definition) is 4. The van der Waals surface area contributed by atoms with Gasteiger partial charge >= 0.3 is 5.97 Å². The molecule has 0 aliphatic heterocycles. The third-order valence-corrected chi connectivity index (χ3v) is 5.28. The topological polar surface area (TPSA) is 60.4 Å². The van der Waals surface area contributed by atoms with E-state index in [4.69, 9.17) is 16.3 Å². The van der Waals surface area contributed by atoms with Crippen molar-refractivity contribution in [2.24, 2.45) is 0 Å². The minimum Gasteiger partial charge on any atom is -0.465 e. The molecule has 19 heavy (non-hydrogen) atoms. The van der Waals surface area contributed by atoms with Gasteiger partial charge in [0.25, 0.3) is 0 Å². The molecule has 0 spiro atoms. The molecule has 0 fully saturated rings. The maximum Gasteiger partial charge on any atom is 0.327 e. The van der Waals surface area contributed by atoms with E-state index >= 15 is 0 Å². The molecule has 0 saturated carbocycles. The van der Waals surface area contributed by atoms with Gasteiger partial charge in [-0.15, -0.1) is 0 Å². The summed E-state index contributed by atoms with van der Waals surface area (Å²) in [5.41, 5.74) is 0. The summed E-state index contributed by atoms with van der Waals surface area (Å²) in [5, 5.41) is 0.0744. The number of carbonyl (C=O) groups excluding carboxylic acids is 1. The van der Waals surface area contributed by atoms with Gasteiger partial charge in [-0.2, -0.15) is 0 Å². The van der Waals surface area contributed by atoms with Crippen LogP contribution in [-0.4, -0.2) is 25.7 Å². The Hall–Kier alpha value is -1.14. The smallest absolute Gasteiger partial charge is 0.327 e. The fraction of sp³-hybridized carbons (Fsp3) is 0.417. The molecule has 106 valence electrons. The molecule has 0 aliphatic rings. The first kappa shape index (κ1) is 15.9. The van der Waals surface area contributed by atoms with Crippen LogP contribution < -0.4 is 0 Å². The van der Waals surface area contributed by atoms with E-state index in [0.717, 1.165) is 12.1 Å². The van der Waals surface area contributed by atoms with Gasteiger partial charge in [0.05, 0.1) is 6.61 Å². The van der Waals surface area contributed by atoms with Crippen LogP contribution in [0.4, 0.5) is 4.39 Å². The van der Waals surface area contributed by atoms with E-state index in [1.165, 1.54) is 19.9 Å². The van der Waals surface area contributed by atoms with Crippen molar-refractivity contribution in [3.63, 3.8) is 0 Å². The van der Waals surface area contributed by atoms with Crippen molar-refractivity contribution in [3.8, 4) is 0 Å². The van der Waals surface area contributed by atoms with Gasteiger partial charge < -0.3 is 4.74 Å². The molecule has 0 radical (unpaired) electrons. The normalized spacial score (nSPS) is 12.3. The van der Waals surface area contributed by atoms with E-state index in [1.54, 1.807) is 6.92 Å². The average molecular weight is 309 g/mol. The molecule has 0 bridgehead atoms. The van der Waals surface area contributed by atoms with Crippen LogP contribution >= 0.6 is 11.6 Å². The highest BCUT2D eigenvalue weighted by molar-refractivity contribution is 7.93. The van der Waals surface area contributed by atoms with Crippen LogP contribution in [-0.2, 0) is 19.4 Å². The van der Waals surface area contributed by atoms with Gasteiger partial charge in [0.2, 0.25) is 0 Å². The zero-order valence-corrected chi connectivity index (χ0v) is 12.3. The van der Waals surface area contributed by atoms with Crippen LogP contribution in [0.1, 0.15) is 20.8 Å². The Morgan fingerprint density at radius 3 is 2.47 bits per heavy atom. The summed E-state index contributed by atoms with van der Waals surface area (Å²) >= 11 is 5.57. The third kappa shape index (κ3) is 2.90. The number of ether oxygens (including phenoxy) is 1. The molecular weight excluding hydrogens is 295 g/mol. The molecule has 0 N–H and O–H groups in total. The Kier molecular flexibility index (Phi) is 4.58. The molecule has 0 amide bonds. The summed E-state index contributed by atoms with van der Waals surface area (Å²) in [7, 11) is -4.22. The number of benzene rings is 1. The van der Waals surface area contributed by atoms with Gasteiger partial charge in [-0.25, -0.2) is 12.8 Å². The third-order valence-electron chi connectivity index (χ3n) is 2.62. The Labute approximate surface area is 116 Å². The van der Waals surface area contributed by atoms with Gasteiger partial charge in [-0.05, 0) is 39.0 Å². The van der Waals surface area contributed by atoms with E-state index in [9.17, 15) is 17.6 Å². The lowest BCUT2D eigenvalue weighted by Gasteiger charge is -2.22. The highest BCUT2D eigenvalue weighted by Gasteiger charge is 2.45. The summed E-state index contributed by atoms with van der Waals surface area (Å²) in [4.78, 5) is 11.1. The lowest BCUT2D eigenvalue weighted by Crippen LogP contribution is -2.42. The molecule has 0 saturated heterocycles. The number of esters is 1. The summed E-state index contributed by atoms with van der Waals surface area (Å²) in [5.74, 6) is -1.92. The van der Waals surface area contributed by atoms with Crippen LogP contribution in [0, 0.1) is 5.82 Å². The van der Waals surface area contributed by atoms with Crippen LogP contribution in [0.15, 0.2) is 23.1 Å². The minimum absolute atomic E-state index is 0.0425. The zero-order chi connectivity index (χ0) is 14.8. The predicted octanol–water partition coefficient (Wildman–Crippen LogP) is 2.59. The molecule has 1 rings (SSSR count). The Bertz CT molecular complexity index is 596. The van der Waals surface area contributed by atoms with Gasteiger partial charge in [0.1, 0.15) is 10.7 Å². The van der Waals surface area contributed by atoms with Gasteiger partial charge in [-0.3, -0.25) is 4.79 Å².